The monoisotopic (exact) mass is 509 g/mol. The van der Waals surface area contributed by atoms with E-state index in [4.69, 9.17) is 9.47 Å². The summed E-state index contributed by atoms with van der Waals surface area (Å²) in [6, 6.07) is 6.16. The van der Waals surface area contributed by atoms with Crippen LogP contribution in [0.25, 0.3) is 0 Å². The first-order valence-corrected chi connectivity index (χ1v) is 13.1. The highest BCUT2D eigenvalue weighted by atomic mass is 16.5. The summed E-state index contributed by atoms with van der Waals surface area (Å²) in [5.74, 6) is -1.70. The number of amides is 3. The Kier molecular flexibility index (Phi) is 6.62. The molecule has 0 saturated carbocycles. The van der Waals surface area contributed by atoms with E-state index >= 15 is 0 Å². The molecule has 2 fully saturated rings. The zero-order chi connectivity index (χ0) is 26.4. The summed E-state index contributed by atoms with van der Waals surface area (Å²) in [5.41, 5.74) is -1.65. The molecule has 0 bridgehead atoms. The normalized spacial score (nSPS) is 32.8. The number of hydrogen-bond acceptors (Lipinski definition) is 6. The third-order valence-electron chi connectivity index (χ3n) is 8.24. The molecule has 1 unspecified atom stereocenters. The molecule has 37 heavy (non-hydrogen) atoms. The number of anilines is 1. The Bertz CT molecular complexity index is 1130. The zero-order valence-corrected chi connectivity index (χ0v) is 21.6. The van der Waals surface area contributed by atoms with Crippen LogP contribution < -0.4 is 9.64 Å². The van der Waals surface area contributed by atoms with Gasteiger partial charge in [0.25, 0.3) is 5.91 Å². The topological polar surface area (TPSA) is 99.6 Å². The molecule has 9 heteroatoms. The van der Waals surface area contributed by atoms with Crippen LogP contribution in [0.4, 0.5) is 5.69 Å². The number of benzene rings is 1. The summed E-state index contributed by atoms with van der Waals surface area (Å²) in [4.78, 5) is 47.1. The van der Waals surface area contributed by atoms with Crippen LogP contribution in [-0.4, -0.2) is 89.8 Å². The third-order valence-corrected chi connectivity index (χ3v) is 8.24. The van der Waals surface area contributed by atoms with Gasteiger partial charge in [-0.25, -0.2) is 0 Å². The van der Waals surface area contributed by atoms with Crippen molar-refractivity contribution in [2.75, 3.05) is 44.8 Å². The van der Waals surface area contributed by atoms with Gasteiger partial charge in [0, 0.05) is 31.9 Å². The minimum atomic E-state index is -1.32. The first kappa shape index (κ1) is 25.5. The molecule has 1 N–H and O–H groups in total. The second-order valence-corrected chi connectivity index (χ2v) is 10.1. The summed E-state index contributed by atoms with van der Waals surface area (Å²) in [7, 11) is 1.58. The van der Waals surface area contributed by atoms with Gasteiger partial charge < -0.3 is 29.3 Å². The fourth-order valence-electron chi connectivity index (χ4n) is 6.62. The van der Waals surface area contributed by atoms with Gasteiger partial charge in [-0.2, -0.15) is 0 Å². The largest absolute Gasteiger partial charge is 0.497 e. The van der Waals surface area contributed by atoms with Gasteiger partial charge in [-0.1, -0.05) is 38.2 Å². The molecule has 198 valence electrons. The Labute approximate surface area is 217 Å². The van der Waals surface area contributed by atoms with E-state index in [9.17, 15) is 19.5 Å². The molecule has 3 amide bonds. The quantitative estimate of drug-likeness (QED) is 0.563. The van der Waals surface area contributed by atoms with E-state index in [1.165, 1.54) is 4.90 Å². The Hall–Kier alpha value is -3.17. The number of nitrogens with zero attached hydrogens (tertiary/aromatic N) is 3. The van der Waals surface area contributed by atoms with Crippen molar-refractivity contribution >= 4 is 23.4 Å². The number of aliphatic hydroxyl groups excluding tert-OH is 1. The van der Waals surface area contributed by atoms with Crippen LogP contribution >= 0.6 is 0 Å². The van der Waals surface area contributed by atoms with E-state index in [1.807, 2.05) is 38.2 Å². The van der Waals surface area contributed by atoms with Crippen molar-refractivity contribution in [1.29, 1.82) is 0 Å². The van der Waals surface area contributed by atoms with E-state index < -0.39 is 29.1 Å². The van der Waals surface area contributed by atoms with Gasteiger partial charge >= 0.3 is 0 Å². The Morgan fingerprint density at radius 2 is 1.70 bits per heavy atom. The second kappa shape index (κ2) is 9.61. The molecule has 5 rings (SSSR count). The lowest BCUT2D eigenvalue weighted by Gasteiger charge is -2.38. The van der Waals surface area contributed by atoms with Crippen LogP contribution in [-0.2, 0) is 19.1 Å². The van der Waals surface area contributed by atoms with Crippen LogP contribution in [0.1, 0.15) is 26.7 Å². The number of carbonyl (C=O) groups excluding carboxylic acids is 3. The maximum absolute atomic E-state index is 14.3. The predicted molar refractivity (Wildman–Crippen MR) is 137 cm³/mol. The van der Waals surface area contributed by atoms with E-state index in [0.717, 1.165) is 6.42 Å². The number of likely N-dealkylation sites (tertiary alicyclic amines) is 1. The fraction of sp³-hybridized carbons (Fsp3) is 0.536. The van der Waals surface area contributed by atoms with Crippen molar-refractivity contribution in [3.63, 3.8) is 0 Å². The average Bonchev–Trinajstić information content (AvgIpc) is 3.19. The van der Waals surface area contributed by atoms with Gasteiger partial charge in [-0.05, 0) is 37.1 Å². The Balaban J connectivity index is 1.63. The molecule has 1 aromatic carbocycles. The number of carbonyl (C=O) groups is 3. The number of methoxy groups -OCH3 is 1. The van der Waals surface area contributed by atoms with Crippen molar-refractivity contribution in [3.8, 4) is 5.75 Å². The van der Waals surface area contributed by atoms with Crippen molar-refractivity contribution in [3.05, 3.63) is 48.6 Å². The molecule has 0 aliphatic carbocycles. The smallest absolute Gasteiger partial charge is 0.253 e. The van der Waals surface area contributed by atoms with Gasteiger partial charge in [0.15, 0.2) is 0 Å². The average molecular weight is 510 g/mol. The van der Waals surface area contributed by atoms with Crippen LogP contribution in [0.15, 0.2) is 48.6 Å². The van der Waals surface area contributed by atoms with Crippen LogP contribution in [0.5, 0.6) is 5.75 Å². The molecule has 4 aliphatic heterocycles. The van der Waals surface area contributed by atoms with E-state index in [1.54, 1.807) is 41.2 Å². The fourth-order valence-corrected chi connectivity index (χ4v) is 6.62. The third kappa shape index (κ3) is 3.70. The highest BCUT2D eigenvalue weighted by Gasteiger charge is 2.75. The molecule has 2 saturated heterocycles. The standard InChI is InChI=1S/C28H35N3O6/c1-4-14-29-15-6-12-27(5-2)21(24(29)33)22-25(34)31(17-18-32)23-26(35)30(16-7-13-28(22,23)37-27)19-8-10-20(36-3)11-9-19/h6-13,21-23,32H,4-5,14-18H2,1-3H3/t21-,22+,23?,27+,28+/m1/s1. The molecule has 4 aliphatic rings. The lowest BCUT2D eigenvalue weighted by Crippen LogP contribution is -2.56. The first-order chi connectivity index (χ1) is 17.9. The number of hydrogen-bond donors (Lipinski definition) is 1. The number of rotatable bonds is 7. The van der Waals surface area contributed by atoms with E-state index in [-0.39, 0.29) is 37.4 Å². The van der Waals surface area contributed by atoms with Crippen molar-refractivity contribution in [1.82, 2.24) is 9.80 Å². The number of β-amino-alcohol motifs (C(OH)–C–C–N with tert-alkyl or cyclic N) is 1. The van der Waals surface area contributed by atoms with Crippen LogP contribution in [0, 0.1) is 11.8 Å². The first-order valence-electron chi connectivity index (χ1n) is 13.1. The van der Waals surface area contributed by atoms with Crippen molar-refractivity contribution in [2.45, 2.75) is 43.9 Å². The summed E-state index contributed by atoms with van der Waals surface area (Å²) in [5, 5.41) is 9.85. The Morgan fingerprint density at radius 3 is 2.35 bits per heavy atom. The molecule has 9 nitrogen and oxygen atoms in total. The molecule has 0 aromatic heterocycles. The summed E-state index contributed by atoms with van der Waals surface area (Å²) in [6.45, 7) is 4.98. The zero-order valence-electron chi connectivity index (χ0n) is 21.6. The number of fused-ring (bicyclic) bond motifs is 2. The lowest BCUT2D eigenvalue weighted by atomic mass is 9.73. The van der Waals surface area contributed by atoms with Gasteiger partial charge in [0.2, 0.25) is 11.8 Å². The highest BCUT2D eigenvalue weighted by molar-refractivity contribution is 6.06. The lowest BCUT2D eigenvalue weighted by molar-refractivity contribution is -0.150. The Morgan fingerprint density at radius 1 is 0.973 bits per heavy atom. The molecule has 5 atom stereocenters. The van der Waals surface area contributed by atoms with Crippen LogP contribution in [0.3, 0.4) is 0 Å². The van der Waals surface area contributed by atoms with Gasteiger partial charge in [-0.3, -0.25) is 14.4 Å². The maximum Gasteiger partial charge on any atom is 0.253 e. The number of ether oxygens (including phenoxy) is 2. The molecule has 0 radical (unpaired) electrons. The molecule has 1 spiro atoms. The minimum absolute atomic E-state index is 0.0182. The molecular weight excluding hydrogens is 474 g/mol. The van der Waals surface area contributed by atoms with Crippen molar-refractivity contribution < 1.29 is 29.0 Å². The number of aliphatic hydroxyl groups is 1. The highest BCUT2D eigenvalue weighted by Crippen LogP contribution is 2.58. The van der Waals surface area contributed by atoms with E-state index in [0.29, 0.717) is 30.9 Å². The van der Waals surface area contributed by atoms with Gasteiger partial charge in [0.05, 0.1) is 31.2 Å². The van der Waals surface area contributed by atoms with E-state index in [2.05, 4.69) is 0 Å². The summed E-state index contributed by atoms with van der Waals surface area (Å²) < 4.78 is 12.1. The second-order valence-electron chi connectivity index (χ2n) is 10.1. The SMILES string of the molecule is CCCN1CC=C[C@]2(CC)O[C@]34C=CCN(c5ccc(OC)cc5)C(=O)C3N(CCO)C(=O)[C@@H]4[C@@H]2C1=O. The van der Waals surface area contributed by atoms with Gasteiger partial charge in [0.1, 0.15) is 17.4 Å². The molecule has 4 heterocycles. The minimum Gasteiger partial charge on any atom is -0.497 e. The van der Waals surface area contributed by atoms with Crippen LogP contribution in [0.2, 0.25) is 0 Å². The van der Waals surface area contributed by atoms with Crippen molar-refractivity contribution in [2.24, 2.45) is 11.8 Å². The summed E-state index contributed by atoms with van der Waals surface area (Å²) in [6.07, 6.45) is 8.86. The maximum atomic E-state index is 14.3. The summed E-state index contributed by atoms with van der Waals surface area (Å²) >= 11 is 0. The van der Waals surface area contributed by atoms with Gasteiger partial charge in [-0.15, -0.1) is 0 Å². The predicted octanol–water partition coefficient (Wildman–Crippen LogP) is 1.76. The molecule has 1 aromatic rings. The molecular formula is C28H35N3O6.